The van der Waals surface area contributed by atoms with Crippen molar-refractivity contribution in [2.75, 3.05) is 25.1 Å². The van der Waals surface area contributed by atoms with E-state index in [-0.39, 0.29) is 17.5 Å². The van der Waals surface area contributed by atoms with Crippen LogP contribution in [0.15, 0.2) is 16.9 Å². The summed E-state index contributed by atoms with van der Waals surface area (Å²) in [7, 11) is 0. The van der Waals surface area contributed by atoms with Gasteiger partial charge in [0.1, 0.15) is 6.04 Å². The first kappa shape index (κ1) is 10.8. The van der Waals surface area contributed by atoms with Gasteiger partial charge in [-0.2, -0.15) is 5.10 Å². The summed E-state index contributed by atoms with van der Waals surface area (Å²) in [5.41, 5.74) is -0.308. The van der Waals surface area contributed by atoms with Gasteiger partial charge in [0.2, 0.25) is 5.91 Å². The summed E-state index contributed by atoms with van der Waals surface area (Å²) in [6, 6.07) is 2.37. The van der Waals surface area contributed by atoms with Gasteiger partial charge in [-0.1, -0.05) is 0 Å². The smallest absolute Gasteiger partial charge is 0.264 e. The van der Waals surface area contributed by atoms with Gasteiger partial charge < -0.3 is 15.4 Å². The number of anilines is 1. The molecule has 1 fully saturated rings. The van der Waals surface area contributed by atoms with Crippen molar-refractivity contribution >= 4 is 11.7 Å². The Morgan fingerprint density at radius 2 is 2.44 bits per heavy atom. The van der Waals surface area contributed by atoms with Crippen LogP contribution in [0.3, 0.4) is 0 Å². The van der Waals surface area contributed by atoms with Crippen LogP contribution in [-0.2, 0) is 9.53 Å². The van der Waals surface area contributed by atoms with Gasteiger partial charge in [-0.15, -0.1) is 0 Å². The highest BCUT2D eigenvalue weighted by atomic mass is 16.5. The van der Waals surface area contributed by atoms with E-state index in [9.17, 15) is 9.59 Å². The summed E-state index contributed by atoms with van der Waals surface area (Å²) >= 11 is 0. The fourth-order valence-electron chi connectivity index (χ4n) is 1.36. The Kier molecular flexibility index (Phi) is 3.28. The van der Waals surface area contributed by atoms with Gasteiger partial charge in [0.15, 0.2) is 5.82 Å². The number of aromatic amines is 1. The minimum absolute atomic E-state index is 0.223. The van der Waals surface area contributed by atoms with E-state index >= 15 is 0 Å². The molecule has 0 saturated carbocycles. The standard InChI is InChI=1S/C9H12N4O3/c14-8-2-1-7(12-13-8)11-9(15)6-5-16-4-3-10-6/h1-2,6,10H,3-5H2,(H,13,14)(H,11,12,15). The number of nitrogens with one attached hydrogen (secondary N) is 3. The predicted molar refractivity (Wildman–Crippen MR) is 56.1 cm³/mol. The third-order valence-electron chi connectivity index (χ3n) is 2.17. The first-order valence-electron chi connectivity index (χ1n) is 4.93. The van der Waals surface area contributed by atoms with Crippen LogP contribution in [0, 0.1) is 0 Å². The van der Waals surface area contributed by atoms with E-state index < -0.39 is 0 Å². The number of ether oxygens (including phenoxy) is 1. The number of carbonyl (C=O) groups is 1. The molecule has 1 aliphatic rings. The summed E-state index contributed by atoms with van der Waals surface area (Å²) < 4.78 is 5.16. The molecule has 1 saturated heterocycles. The molecule has 0 aromatic carbocycles. The molecular formula is C9H12N4O3. The first-order valence-corrected chi connectivity index (χ1v) is 4.93. The SMILES string of the molecule is O=C(Nc1ccc(=O)[nH]n1)C1COCCN1. The summed E-state index contributed by atoms with van der Waals surface area (Å²) in [6.45, 7) is 1.60. The molecule has 0 radical (unpaired) electrons. The number of carbonyl (C=O) groups excluding carboxylic acids is 1. The molecule has 0 aliphatic carbocycles. The monoisotopic (exact) mass is 224 g/mol. The molecule has 7 heteroatoms. The number of hydrogen-bond donors (Lipinski definition) is 3. The maximum absolute atomic E-state index is 11.7. The molecule has 0 bridgehead atoms. The topological polar surface area (TPSA) is 96.1 Å². The van der Waals surface area contributed by atoms with Crippen molar-refractivity contribution < 1.29 is 9.53 Å². The Balaban J connectivity index is 1.95. The first-order chi connectivity index (χ1) is 7.75. The van der Waals surface area contributed by atoms with Gasteiger partial charge in [-0.25, -0.2) is 5.10 Å². The van der Waals surface area contributed by atoms with Crippen LogP contribution in [0.1, 0.15) is 0 Å². The Morgan fingerprint density at radius 1 is 1.56 bits per heavy atom. The van der Waals surface area contributed by atoms with Gasteiger partial charge >= 0.3 is 0 Å². The average molecular weight is 224 g/mol. The summed E-state index contributed by atoms with van der Waals surface area (Å²) in [4.78, 5) is 22.4. The number of morpholine rings is 1. The lowest BCUT2D eigenvalue weighted by Gasteiger charge is -2.22. The van der Waals surface area contributed by atoms with Gasteiger partial charge in [-0.3, -0.25) is 9.59 Å². The molecule has 2 heterocycles. The number of hydrogen-bond acceptors (Lipinski definition) is 5. The molecule has 1 unspecified atom stereocenters. The predicted octanol–water partition coefficient (Wildman–Crippen LogP) is -1.30. The largest absolute Gasteiger partial charge is 0.378 e. The molecule has 1 aromatic rings. The van der Waals surface area contributed by atoms with Gasteiger partial charge in [-0.05, 0) is 6.07 Å². The molecule has 2 rings (SSSR count). The lowest BCUT2D eigenvalue weighted by atomic mass is 10.2. The molecular weight excluding hydrogens is 212 g/mol. The Hall–Kier alpha value is -1.73. The van der Waals surface area contributed by atoms with Crippen LogP contribution in [0.2, 0.25) is 0 Å². The van der Waals surface area contributed by atoms with E-state index in [4.69, 9.17) is 4.74 Å². The van der Waals surface area contributed by atoms with Crippen LogP contribution >= 0.6 is 0 Å². The molecule has 86 valence electrons. The van der Waals surface area contributed by atoms with Crippen molar-refractivity contribution in [2.24, 2.45) is 0 Å². The summed E-state index contributed by atoms with van der Waals surface area (Å²) in [5.74, 6) is 0.0937. The zero-order valence-electron chi connectivity index (χ0n) is 8.53. The third kappa shape index (κ3) is 2.65. The van der Waals surface area contributed by atoms with Crippen LogP contribution in [-0.4, -0.2) is 41.9 Å². The Labute approximate surface area is 91.2 Å². The zero-order valence-corrected chi connectivity index (χ0v) is 8.53. The van der Waals surface area contributed by atoms with E-state index in [1.54, 1.807) is 0 Å². The maximum atomic E-state index is 11.7. The van der Waals surface area contributed by atoms with E-state index in [0.717, 1.165) is 0 Å². The van der Waals surface area contributed by atoms with Crippen LogP contribution in [0.4, 0.5) is 5.82 Å². The van der Waals surface area contributed by atoms with Crippen molar-refractivity contribution in [3.63, 3.8) is 0 Å². The van der Waals surface area contributed by atoms with Crippen molar-refractivity contribution in [3.8, 4) is 0 Å². The zero-order chi connectivity index (χ0) is 11.4. The van der Waals surface area contributed by atoms with E-state index in [2.05, 4.69) is 20.8 Å². The van der Waals surface area contributed by atoms with Crippen LogP contribution in [0.25, 0.3) is 0 Å². The van der Waals surface area contributed by atoms with Crippen LogP contribution < -0.4 is 16.2 Å². The molecule has 3 N–H and O–H groups in total. The lowest BCUT2D eigenvalue weighted by Crippen LogP contribution is -2.49. The number of aromatic nitrogens is 2. The summed E-state index contributed by atoms with van der Waals surface area (Å²) in [5, 5.41) is 11.5. The molecule has 0 spiro atoms. The Bertz CT molecular complexity index is 405. The van der Waals surface area contributed by atoms with E-state index in [1.807, 2.05) is 0 Å². The molecule has 1 atom stereocenters. The second-order valence-corrected chi connectivity index (χ2v) is 3.38. The van der Waals surface area contributed by atoms with Crippen molar-refractivity contribution in [3.05, 3.63) is 22.5 Å². The third-order valence-corrected chi connectivity index (χ3v) is 2.17. The number of rotatable bonds is 2. The van der Waals surface area contributed by atoms with Crippen molar-refractivity contribution in [1.82, 2.24) is 15.5 Å². The molecule has 7 nitrogen and oxygen atoms in total. The highest BCUT2D eigenvalue weighted by Gasteiger charge is 2.21. The average Bonchev–Trinajstić information content (AvgIpc) is 2.33. The Morgan fingerprint density at radius 3 is 3.06 bits per heavy atom. The maximum Gasteiger partial charge on any atom is 0.264 e. The number of nitrogens with zero attached hydrogens (tertiary/aromatic N) is 1. The summed E-state index contributed by atoms with van der Waals surface area (Å²) in [6.07, 6.45) is 0. The quantitative estimate of drug-likeness (QED) is 0.580. The highest BCUT2D eigenvalue weighted by molar-refractivity contribution is 5.94. The normalized spacial score (nSPS) is 20.4. The van der Waals surface area contributed by atoms with Crippen molar-refractivity contribution in [1.29, 1.82) is 0 Å². The van der Waals surface area contributed by atoms with Gasteiger partial charge in [0.05, 0.1) is 13.2 Å². The molecule has 1 amide bonds. The van der Waals surface area contributed by atoms with Gasteiger partial charge in [0, 0.05) is 12.6 Å². The second kappa shape index (κ2) is 4.86. The molecule has 1 aromatic heterocycles. The van der Waals surface area contributed by atoms with Crippen LogP contribution in [0.5, 0.6) is 0 Å². The fraction of sp³-hybridized carbons (Fsp3) is 0.444. The van der Waals surface area contributed by atoms with Crippen molar-refractivity contribution in [2.45, 2.75) is 6.04 Å². The molecule has 16 heavy (non-hydrogen) atoms. The lowest BCUT2D eigenvalue weighted by molar-refractivity contribution is -0.120. The van der Waals surface area contributed by atoms with E-state index in [1.165, 1.54) is 12.1 Å². The molecule has 1 aliphatic heterocycles. The second-order valence-electron chi connectivity index (χ2n) is 3.38. The highest BCUT2D eigenvalue weighted by Crippen LogP contribution is 2.00. The minimum Gasteiger partial charge on any atom is -0.378 e. The van der Waals surface area contributed by atoms with Gasteiger partial charge in [0.25, 0.3) is 5.56 Å². The fourth-order valence-corrected chi connectivity index (χ4v) is 1.36. The number of amides is 1. The van der Waals surface area contributed by atoms with E-state index in [0.29, 0.717) is 25.6 Å². The number of H-pyrrole nitrogens is 1. The minimum atomic E-state index is -0.373.